The number of aromatic nitrogens is 2. The molecule has 2 rings (SSSR count). The molecule has 1 aliphatic heterocycles. The molecule has 2 heterocycles. The number of hydrogen-bond donors (Lipinski definition) is 1. The zero-order valence-electron chi connectivity index (χ0n) is 11.6. The van der Waals surface area contributed by atoms with Crippen LogP contribution in [0.4, 0.5) is 11.6 Å². The van der Waals surface area contributed by atoms with E-state index in [9.17, 15) is 0 Å². The summed E-state index contributed by atoms with van der Waals surface area (Å²) in [5, 5.41) is 3.36. The number of hydrogen-bond acceptors (Lipinski definition) is 5. The molecule has 1 saturated heterocycles. The van der Waals surface area contributed by atoms with E-state index in [1.165, 1.54) is 0 Å². The van der Waals surface area contributed by atoms with Crippen molar-refractivity contribution in [3.8, 4) is 0 Å². The summed E-state index contributed by atoms with van der Waals surface area (Å²) in [6.45, 7) is 9.28. The molecule has 1 aromatic heterocycles. The van der Waals surface area contributed by atoms with E-state index in [-0.39, 0.29) is 0 Å². The third-order valence-corrected chi connectivity index (χ3v) is 3.20. The van der Waals surface area contributed by atoms with Crippen molar-refractivity contribution in [2.75, 3.05) is 49.6 Å². The Morgan fingerprint density at radius 1 is 1.33 bits per heavy atom. The van der Waals surface area contributed by atoms with Crippen LogP contribution in [0.5, 0.6) is 0 Å². The van der Waals surface area contributed by atoms with Gasteiger partial charge in [-0.1, -0.05) is 6.92 Å². The van der Waals surface area contributed by atoms with Gasteiger partial charge in [0.15, 0.2) is 0 Å². The Balaban J connectivity index is 2.19. The van der Waals surface area contributed by atoms with Crippen molar-refractivity contribution in [3.05, 3.63) is 11.9 Å². The quantitative estimate of drug-likeness (QED) is 0.864. The summed E-state index contributed by atoms with van der Waals surface area (Å²) in [5.41, 5.74) is 0. The summed E-state index contributed by atoms with van der Waals surface area (Å²) in [6, 6.07) is 2.11. The van der Waals surface area contributed by atoms with Gasteiger partial charge in [-0.05, 0) is 13.3 Å². The first-order valence-electron chi connectivity index (χ1n) is 6.73. The Kier molecular flexibility index (Phi) is 4.36. The SMILES string of the molecule is CCCN(C)c1cc(N2CCNCC2)nc(C)n1. The second kappa shape index (κ2) is 6.00. The minimum absolute atomic E-state index is 0.851. The van der Waals surface area contributed by atoms with Gasteiger partial charge in [0.25, 0.3) is 0 Å². The summed E-state index contributed by atoms with van der Waals surface area (Å²) < 4.78 is 0. The molecule has 100 valence electrons. The smallest absolute Gasteiger partial charge is 0.134 e. The fourth-order valence-corrected chi connectivity index (χ4v) is 2.24. The fraction of sp³-hybridized carbons (Fsp3) is 0.692. The second-order valence-electron chi connectivity index (χ2n) is 4.79. The zero-order valence-corrected chi connectivity index (χ0v) is 11.6. The Hall–Kier alpha value is -1.36. The molecule has 1 aliphatic rings. The van der Waals surface area contributed by atoms with Crippen molar-refractivity contribution in [3.63, 3.8) is 0 Å². The molecule has 0 unspecified atom stereocenters. The van der Waals surface area contributed by atoms with Crippen molar-refractivity contribution in [2.24, 2.45) is 0 Å². The lowest BCUT2D eigenvalue weighted by Gasteiger charge is -2.29. The van der Waals surface area contributed by atoms with Crippen molar-refractivity contribution in [1.29, 1.82) is 0 Å². The third-order valence-electron chi connectivity index (χ3n) is 3.20. The van der Waals surface area contributed by atoms with Gasteiger partial charge in [-0.25, -0.2) is 9.97 Å². The first-order chi connectivity index (χ1) is 8.70. The highest BCUT2D eigenvalue weighted by Crippen LogP contribution is 2.18. The minimum atomic E-state index is 0.851. The summed E-state index contributed by atoms with van der Waals surface area (Å²) in [7, 11) is 2.09. The lowest BCUT2D eigenvalue weighted by molar-refractivity contribution is 0.584. The molecule has 5 nitrogen and oxygen atoms in total. The summed E-state index contributed by atoms with van der Waals surface area (Å²) in [6.07, 6.45) is 1.13. The van der Waals surface area contributed by atoms with Gasteiger partial charge < -0.3 is 15.1 Å². The van der Waals surface area contributed by atoms with E-state index in [2.05, 4.69) is 45.1 Å². The molecule has 0 radical (unpaired) electrons. The first kappa shape index (κ1) is 13.1. The molecular formula is C13H23N5. The molecule has 0 amide bonds. The average Bonchev–Trinajstić information content (AvgIpc) is 2.39. The van der Waals surface area contributed by atoms with Crippen molar-refractivity contribution < 1.29 is 0 Å². The second-order valence-corrected chi connectivity index (χ2v) is 4.79. The maximum Gasteiger partial charge on any atom is 0.134 e. The van der Waals surface area contributed by atoms with Gasteiger partial charge in [-0.2, -0.15) is 0 Å². The normalized spacial score (nSPS) is 15.8. The van der Waals surface area contributed by atoms with E-state index in [0.717, 1.165) is 56.6 Å². The average molecular weight is 249 g/mol. The number of anilines is 2. The van der Waals surface area contributed by atoms with Gasteiger partial charge in [0.2, 0.25) is 0 Å². The summed E-state index contributed by atoms with van der Waals surface area (Å²) in [4.78, 5) is 13.6. The van der Waals surface area contributed by atoms with Crippen molar-refractivity contribution in [1.82, 2.24) is 15.3 Å². The molecule has 0 spiro atoms. The van der Waals surface area contributed by atoms with E-state index in [1.807, 2.05) is 6.92 Å². The van der Waals surface area contributed by atoms with Gasteiger partial charge >= 0.3 is 0 Å². The Bertz CT molecular complexity index is 387. The van der Waals surface area contributed by atoms with Gasteiger partial charge in [0.05, 0.1) is 0 Å². The Labute approximate surface area is 109 Å². The van der Waals surface area contributed by atoms with Crippen molar-refractivity contribution >= 4 is 11.6 Å². The van der Waals surface area contributed by atoms with Gasteiger partial charge in [0.1, 0.15) is 17.5 Å². The lowest BCUT2D eigenvalue weighted by atomic mass is 10.3. The highest BCUT2D eigenvalue weighted by atomic mass is 15.3. The van der Waals surface area contributed by atoms with Crippen LogP contribution in [0, 0.1) is 6.92 Å². The van der Waals surface area contributed by atoms with Crippen LogP contribution in [0.2, 0.25) is 0 Å². The van der Waals surface area contributed by atoms with Crippen LogP contribution in [0.3, 0.4) is 0 Å². The molecule has 1 aromatic rings. The molecule has 1 N–H and O–H groups in total. The molecule has 0 atom stereocenters. The van der Waals surface area contributed by atoms with E-state index < -0.39 is 0 Å². The lowest BCUT2D eigenvalue weighted by Crippen LogP contribution is -2.44. The van der Waals surface area contributed by atoms with E-state index in [0.29, 0.717) is 0 Å². The highest BCUT2D eigenvalue weighted by molar-refractivity contribution is 5.50. The van der Waals surface area contributed by atoms with E-state index >= 15 is 0 Å². The molecular weight excluding hydrogens is 226 g/mol. The minimum Gasteiger partial charge on any atom is -0.360 e. The molecule has 0 saturated carbocycles. The first-order valence-corrected chi connectivity index (χ1v) is 6.73. The third kappa shape index (κ3) is 3.10. The zero-order chi connectivity index (χ0) is 13.0. The number of nitrogens with zero attached hydrogens (tertiary/aromatic N) is 4. The van der Waals surface area contributed by atoms with Gasteiger partial charge in [-0.3, -0.25) is 0 Å². The number of piperazine rings is 1. The molecule has 5 heteroatoms. The van der Waals surface area contributed by atoms with Crippen LogP contribution in [-0.2, 0) is 0 Å². The van der Waals surface area contributed by atoms with Gasteiger partial charge in [-0.15, -0.1) is 0 Å². The topological polar surface area (TPSA) is 44.3 Å². The van der Waals surface area contributed by atoms with E-state index in [4.69, 9.17) is 0 Å². The maximum absolute atomic E-state index is 4.56. The number of nitrogens with one attached hydrogen (secondary N) is 1. The van der Waals surface area contributed by atoms with Crippen LogP contribution >= 0.6 is 0 Å². The predicted molar refractivity (Wildman–Crippen MR) is 75.4 cm³/mol. The fourth-order valence-electron chi connectivity index (χ4n) is 2.24. The monoisotopic (exact) mass is 249 g/mol. The van der Waals surface area contributed by atoms with Crippen LogP contribution in [-0.4, -0.2) is 49.7 Å². The molecule has 0 aliphatic carbocycles. The predicted octanol–water partition coefficient (Wildman–Crippen LogP) is 1.04. The number of rotatable bonds is 4. The maximum atomic E-state index is 4.56. The largest absolute Gasteiger partial charge is 0.360 e. The van der Waals surface area contributed by atoms with Gasteiger partial charge in [0, 0.05) is 45.8 Å². The summed E-state index contributed by atoms with van der Waals surface area (Å²) >= 11 is 0. The van der Waals surface area contributed by atoms with Crippen LogP contribution in [0.1, 0.15) is 19.2 Å². The van der Waals surface area contributed by atoms with Crippen molar-refractivity contribution in [2.45, 2.75) is 20.3 Å². The molecule has 0 bridgehead atoms. The van der Waals surface area contributed by atoms with E-state index in [1.54, 1.807) is 0 Å². The highest BCUT2D eigenvalue weighted by Gasteiger charge is 2.14. The Morgan fingerprint density at radius 2 is 2.06 bits per heavy atom. The standard InChI is InChI=1S/C13H23N5/c1-4-7-17(3)12-10-13(16-11(2)15-12)18-8-5-14-6-9-18/h10,14H,4-9H2,1-3H3. The number of aryl methyl sites for hydroxylation is 1. The summed E-state index contributed by atoms with van der Waals surface area (Å²) in [5.74, 6) is 2.93. The Morgan fingerprint density at radius 3 is 2.72 bits per heavy atom. The van der Waals surface area contributed by atoms with Crippen LogP contribution < -0.4 is 15.1 Å². The van der Waals surface area contributed by atoms with Crippen LogP contribution in [0.25, 0.3) is 0 Å². The molecule has 1 fully saturated rings. The molecule has 0 aromatic carbocycles. The van der Waals surface area contributed by atoms with Crippen LogP contribution in [0.15, 0.2) is 6.07 Å². The molecule has 18 heavy (non-hydrogen) atoms.